The SMILES string of the molecule is CC(C)C(=O)N(c1ccccc1)C1CCN(Cc2ccco2)CC1. The highest BCUT2D eigenvalue weighted by atomic mass is 16.3. The lowest BCUT2D eigenvalue weighted by atomic mass is 10.00. The second-order valence-corrected chi connectivity index (χ2v) is 6.79. The van der Waals surface area contributed by atoms with Crippen molar-refractivity contribution in [1.29, 1.82) is 0 Å². The molecule has 4 heteroatoms. The van der Waals surface area contributed by atoms with E-state index in [1.165, 1.54) is 0 Å². The number of rotatable bonds is 5. The largest absolute Gasteiger partial charge is 0.468 e. The highest BCUT2D eigenvalue weighted by molar-refractivity contribution is 5.95. The van der Waals surface area contributed by atoms with Crippen LogP contribution in [-0.4, -0.2) is 29.9 Å². The van der Waals surface area contributed by atoms with Gasteiger partial charge in [-0.1, -0.05) is 32.0 Å². The van der Waals surface area contributed by atoms with Gasteiger partial charge in [0.05, 0.1) is 12.8 Å². The van der Waals surface area contributed by atoms with Gasteiger partial charge in [-0.2, -0.15) is 0 Å². The molecular weight excluding hydrogens is 300 g/mol. The number of hydrogen-bond acceptors (Lipinski definition) is 3. The summed E-state index contributed by atoms with van der Waals surface area (Å²) in [6, 6.07) is 14.3. The first-order valence-electron chi connectivity index (χ1n) is 8.78. The summed E-state index contributed by atoms with van der Waals surface area (Å²) < 4.78 is 5.44. The van der Waals surface area contributed by atoms with Gasteiger partial charge in [0, 0.05) is 30.7 Å². The van der Waals surface area contributed by atoms with Gasteiger partial charge in [0.1, 0.15) is 5.76 Å². The molecule has 0 aliphatic carbocycles. The summed E-state index contributed by atoms with van der Waals surface area (Å²) in [5, 5.41) is 0. The van der Waals surface area contributed by atoms with Crippen molar-refractivity contribution in [3.05, 3.63) is 54.5 Å². The van der Waals surface area contributed by atoms with E-state index in [4.69, 9.17) is 4.42 Å². The summed E-state index contributed by atoms with van der Waals surface area (Å²) in [4.78, 5) is 17.2. The fraction of sp³-hybridized carbons (Fsp3) is 0.450. The van der Waals surface area contributed by atoms with Crippen LogP contribution in [0.15, 0.2) is 53.1 Å². The predicted octanol–water partition coefficient (Wildman–Crippen LogP) is 3.93. The molecule has 128 valence electrons. The number of likely N-dealkylation sites (tertiary alicyclic amines) is 1. The Bertz CT molecular complexity index is 629. The number of carbonyl (C=O) groups excluding carboxylic acids is 1. The number of amides is 1. The van der Waals surface area contributed by atoms with Gasteiger partial charge in [-0.3, -0.25) is 9.69 Å². The standard InChI is InChI=1S/C20H26N2O2/c1-16(2)20(23)22(17-7-4-3-5-8-17)18-10-12-21(13-11-18)15-19-9-6-14-24-19/h3-9,14,16,18H,10-13,15H2,1-2H3. The molecule has 0 unspecified atom stereocenters. The first-order valence-corrected chi connectivity index (χ1v) is 8.78. The Morgan fingerprint density at radius 1 is 1.17 bits per heavy atom. The first-order chi connectivity index (χ1) is 11.6. The first kappa shape index (κ1) is 16.8. The van der Waals surface area contributed by atoms with Crippen LogP contribution in [0.1, 0.15) is 32.4 Å². The lowest BCUT2D eigenvalue weighted by molar-refractivity contribution is -0.122. The third kappa shape index (κ3) is 3.88. The van der Waals surface area contributed by atoms with Gasteiger partial charge in [0.15, 0.2) is 0 Å². The Hall–Kier alpha value is -2.07. The highest BCUT2D eigenvalue weighted by Crippen LogP contribution is 2.26. The molecule has 0 atom stereocenters. The van der Waals surface area contributed by atoms with Gasteiger partial charge < -0.3 is 9.32 Å². The maximum absolute atomic E-state index is 12.8. The summed E-state index contributed by atoms with van der Waals surface area (Å²) in [5.74, 6) is 1.23. The van der Waals surface area contributed by atoms with Crippen LogP contribution in [0.5, 0.6) is 0 Å². The zero-order chi connectivity index (χ0) is 16.9. The number of para-hydroxylation sites is 1. The number of furan rings is 1. The molecule has 1 amide bonds. The summed E-state index contributed by atoms with van der Waals surface area (Å²) in [6.45, 7) is 6.78. The van der Waals surface area contributed by atoms with Crippen LogP contribution in [0.4, 0.5) is 5.69 Å². The van der Waals surface area contributed by atoms with E-state index in [9.17, 15) is 4.79 Å². The number of nitrogens with zero attached hydrogens (tertiary/aromatic N) is 2. The van der Waals surface area contributed by atoms with Crippen molar-refractivity contribution in [2.45, 2.75) is 39.3 Å². The van der Waals surface area contributed by atoms with E-state index in [2.05, 4.69) is 4.90 Å². The summed E-state index contributed by atoms with van der Waals surface area (Å²) in [5.41, 5.74) is 1.01. The molecule has 0 spiro atoms. The molecule has 24 heavy (non-hydrogen) atoms. The zero-order valence-electron chi connectivity index (χ0n) is 14.5. The van der Waals surface area contributed by atoms with E-state index in [0.29, 0.717) is 0 Å². The van der Waals surface area contributed by atoms with Gasteiger partial charge in [0.25, 0.3) is 0 Å². The smallest absolute Gasteiger partial charge is 0.229 e. The minimum atomic E-state index is 0.00588. The van der Waals surface area contributed by atoms with Crippen LogP contribution in [0.3, 0.4) is 0 Å². The number of hydrogen-bond donors (Lipinski definition) is 0. The van der Waals surface area contributed by atoms with Gasteiger partial charge in [0.2, 0.25) is 5.91 Å². The van der Waals surface area contributed by atoms with E-state index >= 15 is 0 Å². The van der Waals surface area contributed by atoms with Crippen molar-refractivity contribution in [2.24, 2.45) is 5.92 Å². The summed E-state index contributed by atoms with van der Waals surface area (Å²) in [7, 11) is 0. The van der Waals surface area contributed by atoms with Crippen molar-refractivity contribution in [3.8, 4) is 0 Å². The van der Waals surface area contributed by atoms with Gasteiger partial charge in [-0.25, -0.2) is 0 Å². The molecular formula is C20H26N2O2. The summed E-state index contributed by atoms with van der Waals surface area (Å²) >= 11 is 0. The average molecular weight is 326 g/mol. The Kier molecular flexibility index (Phi) is 5.36. The van der Waals surface area contributed by atoms with Crippen LogP contribution in [0, 0.1) is 5.92 Å². The average Bonchev–Trinajstić information content (AvgIpc) is 3.10. The Labute approximate surface area is 144 Å². The highest BCUT2D eigenvalue weighted by Gasteiger charge is 2.30. The molecule has 1 aliphatic rings. The summed E-state index contributed by atoms with van der Waals surface area (Å²) in [6.07, 6.45) is 3.71. The molecule has 4 nitrogen and oxygen atoms in total. The van der Waals surface area contributed by atoms with Crippen molar-refractivity contribution in [2.75, 3.05) is 18.0 Å². The van der Waals surface area contributed by atoms with Gasteiger partial charge in [-0.15, -0.1) is 0 Å². The molecule has 1 aliphatic heterocycles. The number of benzene rings is 1. The fourth-order valence-electron chi connectivity index (χ4n) is 3.34. The second-order valence-electron chi connectivity index (χ2n) is 6.79. The monoisotopic (exact) mass is 326 g/mol. The number of carbonyl (C=O) groups is 1. The van der Waals surface area contributed by atoms with Crippen LogP contribution in [0.2, 0.25) is 0 Å². The molecule has 2 aromatic rings. The van der Waals surface area contributed by atoms with Gasteiger partial charge in [-0.05, 0) is 37.1 Å². The molecule has 0 N–H and O–H groups in total. The van der Waals surface area contributed by atoms with Crippen molar-refractivity contribution in [1.82, 2.24) is 4.90 Å². The van der Waals surface area contributed by atoms with Gasteiger partial charge >= 0.3 is 0 Å². The van der Waals surface area contributed by atoms with Crippen LogP contribution < -0.4 is 4.90 Å². The number of piperidine rings is 1. The molecule has 2 heterocycles. The van der Waals surface area contributed by atoms with Crippen molar-refractivity contribution < 1.29 is 9.21 Å². The molecule has 1 aromatic carbocycles. The molecule has 0 radical (unpaired) electrons. The van der Waals surface area contributed by atoms with E-state index in [1.54, 1.807) is 6.26 Å². The second kappa shape index (κ2) is 7.67. The van der Waals surface area contributed by atoms with E-state index in [0.717, 1.165) is 43.9 Å². The van der Waals surface area contributed by atoms with Crippen molar-refractivity contribution in [3.63, 3.8) is 0 Å². The van der Waals surface area contributed by atoms with Crippen LogP contribution >= 0.6 is 0 Å². The molecule has 1 fully saturated rings. The molecule has 1 saturated heterocycles. The Balaban J connectivity index is 1.68. The Morgan fingerprint density at radius 3 is 2.46 bits per heavy atom. The van der Waals surface area contributed by atoms with Crippen molar-refractivity contribution >= 4 is 11.6 Å². The molecule has 0 bridgehead atoms. The Morgan fingerprint density at radius 2 is 1.88 bits per heavy atom. The minimum absolute atomic E-state index is 0.00588. The maximum Gasteiger partial charge on any atom is 0.229 e. The van der Waals surface area contributed by atoms with Crippen LogP contribution in [0.25, 0.3) is 0 Å². The third-order valence-corrected chi connectivity index (χ3v) is 4.65. The van der Waals surface area contributed by atoms with E-state index in [-0.39, 0.29) is 17.9 Å². The maximum atomic E-state index is 12.8. The predicted molar refractivity (Wildman–Crippen MR) is 95.8 cm³/mol. The normalized spacial score (nSPS) is 16.5. The fourth-order valence-corrected chi connectivity index (χ4v) is 3.34. The molecule has 0 saturated carbocycles. The lowest BCUT2D eigenvalue weighted by Crippen LogP contribution is -2.48. The van der Waals surface area contributed by atoms with E-state index < -0.39 is 0 Å². The lowest BCUT2D eigenvalue weighted by Gasteiger charge is -2.39. The number of anilines is 1. The topological polar surface area (TPSA) is 36.7 Å². The third-order valence-electron chi connectivity index (χ3n) is 4.65. The quantitative estimate of drug-likeness (QED) is 0.835. The minimum Gasteiger partial charge on any atom is -0.468 e. The molecule has 3 rings (SSSR count). The molecule has 1 aromatic heterocycles. The zero-order valence-corrected chi connectivity index (χ0v) is 14.5. The van der Waals surface area contributed by atoms with Crippen LogP contribution in [-0.2, 0) is 11.3 Å². The van der Waals surface area contributed by atoms with E-state index in [1.807, 2.05) is 61.2 Å².